The van der Waals surface area contributed by atoms with E-state index in [9.17, 15) is 19.8 Å². The van der Waals surface area contributed by atoms with E-state index < -0.39 is 22.8 Å². The smallest absolute Gasteiger partial charge is 0.309 e. The lowest BCUT2D eigenvalue weighted by atomic mass is 9.87. The summed E-state index contributed by atoms with van der Waals surface area (Å²) in [6.07, 6.45) is 10.6. The van der Waals surface area contributed by atoms with Crippen molar-refractivity contribution in [2.45, 2.75) is 90.9 Å². The molecule has 0 atom stereocenters. The van der Waals surface area contributed by atoms with E-state index in [1.807, 2.05) is 6.07 Å². The average Bonchev–Trinajstić information content (AvgIpc) is 3.44. The third-order valence-corrected chi connectivity index (χ3v) is 6.40. The van der Waals surface area contributed by atoms with Gasteiger partial charge in [-0.05, 0) is 82.4 Å². The normalized spacial score (nSPS) is 15.2. The SMILES string of the molecule is CC(C)(CCCCCc1ccc(O)c(CCCCCC2(C(=O)O)CC2)c1)C(=O)O. The Hall–Kier alpha value is -2.04. The molecule has 0 aliphatic heterocycles. The number of hydrogen-bond acceptors (Lipinski definition) is 3. The van der Waals surface area contributed by atoms with Gasteiger partial charge < -0.3 is 15.3 Å². The number of aromatic hydroxyl groups is 1. The maximum Gasteiger partial charge on any atom is 0.309 e. The van der Waals surface area contributed by atoms with Gasteiger partial charge in [-0.25, -0.2) is 0 Å². The third kappa shape index (κ3) is 7.06. The zero-order valence-electron chi connectivity index (χ0n) is 17.9. The molecule has 1 aliphatic carbocycles. The van der Waals surface area contributed by atoms with Gasteiger partial charge in [0.25, 0.3) is 0 Å². The number of phenols is 1. The Balaban J connectivity index is 1.68. The van der Waals surface area contributed by atoms with Gasteiger partial charge in [-0.3, -0.25) is 9.59 Å². The van der Waals surface area contributed by atoms with Crippen molar-refractivity contribution in [2.24, 2.45) is 10.8 Å². The van der Waals surface area contributed by atoms with Gasteiger partial charge in [0.2, 0.25) is 0 Å². The minimum absolute atomic E-state index is 0.334. The van der Waals surface area contributed by atoms with Crippen LogP contribution in [0.3, 0.4) is 0 Å². The molecule has 0 heterocycles. The van der Waals surface area contributed by atoms with Crippen LogP contribution in [0.2, 0.25) is 0 Å². The number of hydrogen-bond donors (Lipinski definition) is 3. The van der Waals surface area contributed by atoms with Crippen LogP contribution < -0.4 is 0 Å². The summed E-state index contributed by atoms with van der Waals surface area (Å²) in [6.45, 7) is 3.54. The lowest BCUT2D eigenvalue weighted by Crippen LogP contribution is -2.23. The predicted octanol–water partition coefficient (Wildman–Crippen LogP) is 5.57. The van der Waals surface area contributed by atoms with E-state index in [4.69, 9.17) is 5.11 Å². The highest BCUT2D eigenvalue weighted by Crippen LogP contribution is 2.50. The first-order chi connectivity index (χ1) is 13.7. The maximum atomic E-state index is 11.2. The molecule has 0 bridgehead atoms. The minimum Gasteiger partial charge on any atom is -0.508 e. The molecule has 1 aromatic rings. The molecule has 162 valence electrons. The summed E-state index contributed by atoms with van der Waals surface area (Å²) in [5, 5.41) is 28.5. The van der Waals surface area contributed by atoms with Crippen molar-refractivity contribution >= 4 is 11.9 Å². The molecule has 29 heavy (non-hydrogen) atoms. The fourth-order valence-electron chi connectivity index (χ4n) is 3.85. The van der Waals surface area contributed by atoms with Crippen LogP contribution in [-0.2, 0) is 22.4 Å². The lowest BCUT2D eigenvalue weighted by molar-refractivity contribution is -0.147. The molecule has 1 fully saturated rings. The number of carboxylic acids is 2. The first-order valence-corrected chi connectivity index (χ1v) is 10.9. The van der Waals surface area contributed by atoms with E-state index in [1.165, 1.54) is 5.56 Å². The van der Waals surface area contributed by atoms with Crippen LogP contribution in [0.25, 0.3) is 0 Å². The molecule has 1 aliphatic rings. The molecule has 0 amide bonds. The Kier molecular flexibility index (Phi) is 8.12. The molecular formula is C24H36O5. The zero-order valence-corrected chi connectivity index (χ0v) is 17.9. The fraction of sp³-hybridized carbons (Fsp3) is 0.667. The standard InChI is InChI=1S/C24H36O5/c1-23(2,21(26)27)13-7-3-5-9-18-11-12-20(25)19(17-18)10-6-4-8-14-24(15-16-24)22(28)29/h11-12,17,25H,3-10,13-16H2,1-2H3,(H,26,27)(H,28,29). The third-order valence-electron chi connectivity index (χ3n) is 6.40. The van der Waals surface area contributed by atoms with Gasteiger partial charge in [-0.15, -0.1) is 0 Å². The van der Waals surface area contributed by atoms with Crippen LogP contribution in [-0.4, -0.2) is 27.3 Å². The van der Waals surface area contributed by atoms with Crippen molar-refractivity contribution in [1.29, 1.82) is 0 Å². The summed E-state index contributed by atoms with van der Waals surface area (Å²) < 4.78 is 0. The highest BCUT2D eigenvalue weighted by Gasteiger charge is 2.49. The van der Waals surface area contributed by atoms with Crippen LogP contribution in [0, 0.1) is 10.8 Å². The molecule has 1 saturated carbocycles. The second-order valence-electron chi connectivity index (χ2n) is 9.36. The van der Waals surface area contributed by atoms with E-state index in [1.54, 1.807) is 19.9 Å². The molecule has 0 spiro atoms. The number of benzene rings is 1. The summed E-state index contributed by atoms with van der Waals surface area (Å²) in [4.78, 5) is 22.3. The number of aliphatic carboxylic acids is 2. The molecule has 1 aromatic carbocycles. The van der Waals surface area contributed by atoms with E-state index in [0.717, 1.165) is 76.2 Å². The molecule has 0 saturated heterocycles. The van der Waals surface area contributed by atoms with Crippen LogP contribution >= 0.6 is 0 Å². The van der Waals surface area contributed by atoms with Gasteiger partial charge in [0, 0.05) is 0 Å². The summed E-state index contributed by atoms with van der Waals surface area (Å²) in [6, 6.07) is 5.81. The second-order valence-corrected chi connectivity index (χ2v) is 9.36. The Bertz CT molecular complexity index is 703. The van der Waals surface area contributed by atoms with Crippen LogP contribution in [0.4, 0.5) is 0 Å². The number of aryl methyl sites for hydroxylation is 2. The molecule has 2 rings (SSSR count). The molecule has 0 unspecified atom stereocenters. The zero-order chi connectivity index (χ0) is 21.5. The largest absolute Gasteiger partial charge is 0.508 e. The predicted molar refractivity (Wildman–Crippen MR) is 113 cm³/mol. The van der Waals surface area contributed by atoms with Crippen molar-refractivity contribution in [3.8, 4) is 5.75 Å². The van der Waals surface area contributed by atoms with Gasteiger partial charge in [-0.2, -0.15) is 0 Å². The summed E-state index contributed by atoms with van der Waals surface area (Å²) >= 11 is 0. The topological polar surface area (TPSA) is 94.8 Å². The highest BCUT2D eigenvalue weighted by molar-refractivity contribution is 5.77. The quantitative estimate of drug-likeness (QED) is 0.352. The van der Waals surface area contributed by atoms with Gasteiger partial charge in [0.15, 0.2) is 0 Å². The average molecular weight is 405 g/mol. The maximum absolute atomic E-state index is 11.2. The van der Waals surface area contributed by atoms with Gasteiger partial charge in [0.1, 0.15) is 5.75 Å². The van der Waals surface area contributed by atoms with Gasteiger partial charge >= 0.3 is 11.9 Å². The van der Waals surface area contributed by atoms with Crippen molar-refractivity contribution < 1.29 is 24.9 Å². The molecular weight excluding hydrogens is 368 g/mol. The Morgan fingerprint density at radius 3 is 2.24 bits per heavy atom. The van der Waals surface area contributed by atoms with Crippen molar-refractivity contribution in [2.75, 3.05) is 0 Å². The van der Waals surface area contributed by atoms with Gasteiger partial charge in [0.05, 0.1) is 10.8 Å². The number of unbranched alkanes of at least 4 members (excludes halogenated alkanes) is 4. The van der Waals surface area contributed by atoms with Crippen LogP contribution in [0.15, 0.2) is 18.2 Å². The molecule has 0 aromatic heterocycles. The van der Waals surface area contributed by atoms with E-state index in [0.29, 0.717) is 12.2 Å². The summed E-state index contributed by atoms with van der Waals surface area (Å²) in [7, 11) is 0. The number of carbonyl (C=O) groups is 2. The first kappa shape index (κ1) is 23.2. The van der Waals surface area contributed by atoms with E-state index >= 15 is 0 Å². The second kappa shape index (κ2) is 10.1. The lowest BCUT2D eigenvalue weighted by Gasteiger charge is -2.18. The van der Waals surface area contributed by atoms with Gasteiger partial charge in [-0.1, -0.05) is 37.8 Å². The van der Waals surface area contributed by atoms with E-state index in [-0.39, 0.29) is 0 Å². The van der Waals surface area contributed by atoms with Crippen molar-refractivity contribution in [1.82, 2.24) is 0 Å². The van der Waals surface area contributed by atoms with Crippen LogP contribution in [0.1, 0.15) is 89.2 Å². The molecule has 3 N–H and O–H groups in total. The number of phenolic OH excluding ortho intramolecular Hbond substituents is 1. The Morgan fingerprint density at radius 2 is 1.62 bits per heavy atom. The van der Waals surface area contributed by atoms with Crippen LogP contribution in [0.5, 0.6) is 5.75 Å². The number of rotatable bonds is 14. The van der Waals surface area contributed by atoms with E-state index in [2.05, 4.69) is 6.07 Å². The summed E-state index contributed by atoms with van der Waals surface area (Å²) in [5.41, 5.74) is 1.09. The Labute approximate surface area is 174 Å². The number of carboxylic acid groups (broad SMARTS) is 2. The highest BCUT2D eigenvalue weighted by atomic mass is 16.4. The molecule has 0 radical (unpaired) electrons. The van der Waals surface area contributed by atoms with Crippen molar-refractivity contribution in [3.63, 3.8) is 0 Å². The Morgan fingerprint density at radius 1 is 0.966 bits per heavy atom. The first-order valence-electron chi connectivity index (χ1n) is 10.9. The monoisotopic (exact) mass is 404 g/mol. The molecule has 5 heteroatoms. The minimum atomic E-state index is -0.740. The molecule has 5 nitrogen and oxygen atoms in total. The summed E-state index contributed by atoms with van der Waals surface area (Å²) in [5.74, 6) is -1.05. The van der Waals surface area contributed by atoms with Crippen molar-refractivity contribution in [3.05, 3.63) is 29.3 Å². The fourth-order valence-corrected chi connectivity index (χ4v) is 3.85.